The molecule has 0 saturated carbocycles. The van der Waals surface area contributed by atoms with Gasteiger partial charge in [0.05, 0.1) is 10.6 Å². The second-order valence-electron chi connectivity index (χ2n) is 5.48. The van der Waals surface area contributed by atoms with Gasteiger partial charge in [0.25, 0.3) is 10.0 Å². The molecule has 0 heterocycles. The zero-order chi connectivity index (χ0) is 17.5. The summed E-state index contributed by atoms with van der Waals surface area (Å²) in [5.74, 6) is -0.334. The summed E-state index contributed by atoms with van der Waals surface area (Å²) < 4.78 is 29.1. The quantitative estimate of drug-likeness (QED) is 0.746. The van der Waals surface area contributed by atoms with Gasteiger partial charge in [0.15, 0.2) is 5.78 Å². The van der Waals surface area contributed by atoms with Gasteiger partial charge < -0.3 is 0 Å². The molecule has 2 aromatic carbocycles. The van der Waals surface area contributed by atoms with E-state index >= 15 is 0 Å². The van der Waals surface area contributed by atoms with Gasteiger partial charge in [-0.05, 0) is 19.1 Å². The van der Waals surface area contributed by atoms with Crippen LogP contribution < -0.4 is 0 Å². The number of Topliss-reactive ketones (excluding diaryl/α,β-unsaturated/α-hetero) is 1. The van der Waals surface area contributed by atoms with Crippen molar-refractivity contribution >= 4 is 44.7 Å². The SMILES string of the molecule is Cc1ccc(S(=O)(=O)/N=C2/c3ccccc3C(=O)C(Cl)C2Cl)cc1. The van der Waals surface area contributed by atoms with Crippen LogP contribution in [0, 0.1) is 6.92 Å². The summed E-state index contributed by atoms with van der Waals surface area (Å²) >= 11 is 12.3. The summed E-state index contributed by atoms with van der Waals surface area (Å²) in [6, 6.07) is 12.9. The van der Waals surface area contributed by atoms with Gasteiger partial charge in [0.2, 0.25) is 0 Å². The molecule has 0 amide bonds. The number of hydrogen-bond donors (Lipinski definition) is 0. The highest BCUT2D eigenvalue weighted by atomic mass is 35.5. The number of benzene rings is 2. The Morgan fingerprint density at radius 3 is 2.12 bits per heavy atom. The Morgan fingerprint density at radius 1 is 0.917 bits per heavy atom. The van der Waals surface area contributed by atoms with Crippen molar-refractivity contribution in [1.82, 2.24) is 0 Å². The molecular formula is C17H13Cl2NO3S. The average Bonchev–Trinajstić information content (AvgIpc) is 2.57. The van der Waals surface area contributed by atoms with Crippen molar-refractivity contribution in [1.29, 1.82) is 0 Å². The molecule has 0 spiro atoms. The summed E-state index contributed by atoms with van der Waals surface area (Å²) in [5.41, 5.74) is 1.75. The Kier molecular flexibility index (Phi) is 4.51. The molecule has 24 heavy (non-hydrogen) atoms. The fourth-order valence-corrected chi connectivity index (χ4v) is 4.11. The number of fused-ring (bicyclic) bond motifs is 1. The third-order valence-corrected chi connectivity index (χ3v) is 6.12. The minimum atomic E-state index is -3.96. The van der Waals surface area contributed by atoms with Crippen molar-refractivity contribution < 1.29 is 13.2 Å². The van der Waals surface area contributed by atoms with Crippen LogP contribution in [-0.2, 0) is 10.0 Å². The third kappa shape index (κ3) is 2.99. The zero-order valence-corrected chi connectivity index (χ0v) is 14.9. The van der Waals surface area contributed by atoms with Crippen molar-refractivity contribution in [3.05, 3.63) is 65.2 Å². The van der Waals surface area contributed by atoms with Gasteiger partial charge in [-0.25, -0.2) is 0 Å². The highest BCUT2D eigenvalue weighted by Gasteiger charge is 2.38. The minimum Gasteiger partial charge on any atom is -0.292 e. The molecule has 0 aliphatic heterocycles. The van der Waals surface area contributed by atoms with Gasteiger partial charge in [-0.3, -0.25) is 4.79 Å². The molecule has 124 valence electrons. The van der Waals surface area contributed by atoms with Crippen molar-refractivity contribution in [2.75, 3.05) is 0 Å². The minimum absolute atomic E-state index is 0.0602. The van der Waals surface area contributed by atoms with Gasteiger partial charge in [-0.2, -0.15) is 12.8 Å². The predicted octanol–water partition coefficient (Wildman–Crippen LogP) is 3.58. The first-order valence-electron chi connectivity index (χ1n) is 7.14. The van der Waals surface area contributed by atoms with Gasteiger partial charge in [0, 0.05) is 11.1 Å². The Hall–Kier alpha value is -1.69. The molecule has 2 unspecified atom stereocenters. The van der Waals surface area contributed by atoms with Crippen LogP contribution in [0.1, 0.15) is 21.5 Å². The Morgan fingerprint density at radius 2 is 1.50 bits per heavy atom. The van der Waals surface area contributed by atoms with E-state index in [-0.39, 0.29) is 16.4 Å². The largest absolute Gasteiger partial charge is 0.292 e. The lowest BCUT2D eigenvalue weighted by atomic mass is 9.88. The van der Waals surface area contributed by atoms with Crippen LogP contribution >= 0.6 is 23.2 Å². The van der Waals surface area contributed by atoms with E-state index in [0.29, 0.717) is 11.1 Å². The van der Waals surface area contributed by atoms with E-state index < -0.39 is 20.8 Å². The third-order valence-electron chi connectivity index (χ3n) is 3.77. The van der Waals surface area contributed by atoms with Crippen LogP contribution in [0.25, 0.3) is 0 Å². The van der Waals surface area contributed by atoms with Crippen LogP contribution in [0.3, 0.4) is 0 Å². The number of ketones is 1. The maximum Gasteiger partial charge on any atom is 0.282 e. The average molecular weight is 382 g/mol. The van der Waals surface area contributed by atoms with E-state index in [0.717, 1.165) is 5.56 Å². The van der Waals surface area contributed by atoms with Crippen LogP contribution in [0.2, 0.25) is 0 Å². The van der Waals surface area contributed by atoms with Crippen molar-refractivity contribution in [2.24, 2.45) is 4.40 Å². The molecular weight excluding hydrogens is 369 g/mol. The van der Waals surface area contributed by atoms with Gasteiger partial charge in [-0.15, -0.1) is 23.2 Å². The molecule has 2 aromatic rings. The smallest absolute Gasteiger partial charge is 0.282 e. The van der Waals surface area contributed by atoms with Gasteiger partial charge in [0.1, 0.15) is 10.8 Å². The molecule has 0 fully saturated rings. The molecule has 7 heteroatoms. The van der Waals surface area contributed by atoms with Gasteiger partial charge >= 0.3 is 0 Å². The fourth-order valence-electron chi connectivity index (χ4n) is 2.48. The lowest BCUT2D eigenvalue weighted by Crippen LogP contribution is -2.39. The summed E-state index contributed by atoms with van der Waals surface area (Å²) in [5, 5.41) is -2.08. The molecule has 0 N–H and O–H groups in total. The van der Waals surface area contributed by atoms with Crippen molar-refractivity contribution in [2.45, 2.75) is 22.6 Å². The number of halogens is 2. The maximum atomic E-state index is 12.6. The molecule has 3 rings (SSSR count). The molecule has 4 nitrogen and oxygen atoms in total. The summed E-state index contributed by atoms with van der Waals surface area (Å²) in [4.78, 5) is 12.3. The van der Waals surface area contributed by atoms with Crippen LogP contribution in [-0.4, -0.2) is 30.7 Å². The second kappa shape index (κ2) is 6.31. The maximum absolute atomic E-state index is 12.6. The molecule has 1 aliphatic rings. The van der Waals surface area contributed by atoms with Crippen LogP contribution in [0.5, 0.6) is 0 Å². The van der Waals surface area contributed by atoms with E-state index in [1.807, 2.05) is 6.92 Å². The molecule has 2 atom stereocenters. The van der Waals surface area contributed by atoms with Crippen LogP contribution in [0.4, 0.5) is 0 Å². The molecule has 0 radical (unpaired) electrons. The summed E-state index contributed by atoms with van der Waals surface area (Å²) in [7, 11) is -3.96. The normalized spacial score (nSPS) is 22.5. The lowest BCUT2D eigenvalue weighted by molar-refractivity contribution is 0.0987. The predicted molar refractivity (Wildman–Crippen MR) is 95.0 cm³/mol. The number of aryl methyl sites for hydroxylation is 1. The lowest BCUT2D eigenvalue weighted by Gasteiger charge is -2.25. The topological polar surface area (TPSA) is 63.6 Å². The Balaban J connectivity index is 2.16. The first kappa shape index (κ1) is 17.1. The Labute approximate surface area is 150 Å². The number of carbonyl (C=O) groups excluding carboxylic acids is 1. The standard InChI is InChI=1S/C17H13Cl2NO3S/c1-10-6-8-11(9-7-10)24(22,23)20-16-12-4-2-3-5-13(12)17(21)15(19)14(16)18/h2-9,14-15H,1H3/b20-16-. The second-order valence-corrected chi connectivity index (χ2v) is 8.02. The van der Waals surface area contributed by atoms with E-state index in [1.165, 1.54) is 12.1 Å². The summed E-state index contributed by atoms with van der Waals surface area (Å²) in [6.45, 7) is 1.86. The fraction of sp³-hybridized carbons (Fsp3) is 0.176. The van der Waals surface area contributed by atoms with E-state index in [1.54, 1.807) is 36.4 Å². The molecule has 0 aromatic heterocycles. The first-order valence-corrected chi connectivity index (χ1v) is 9.46. The number of rotatable bonds is 2. The number of alkyl halides is 2. The number of carbonyl (C=O) groups is 1. The highest BCUT2D eigenvalue weighted by Crippen LogP contribution is 2.30. The van der Waals surface area contributed by atoms with Gasteiger partial charge in [-0.1, -0.05) is 42.0 Å². The van der Waals surface area contributed by atoms with E-state index in [2.05, 4.69) is 4.40 Å². The van der Waals surface area contributed by atoms with E-state index in [4.69, 9.17) is 23.2 Å². The van der Waals surface area contributed by atoms with E-state index in [9.17, 15) is 13.2 Å². The van der Waals surface area contributed by atoms with Crippen molar-refractivity contribution in [3.8, 4) is 0 Å². The number of nitrogens with zero attached hydrogens (tertiary/aromatic N) is 1. The molecule has 0 bridgehead atoms. The summed E-state index contributed by atoms with van der Waals surface area (Å²) in [6.07, 6.45) is 0. The Bertz CT molecular complexity index is 937. The van der Waals surface area contributed by atoms with Crippen molar-refractivity contribution in [3.63, 3.8) is 0 Å². The highest BCUT2D eigenvalue weighted by molar-refractivity contribution is 7.90. The molecule has 1 aliphatic carbocycles. The van der Waals surface area contributed by atoms with Crippen LogP contribution in [0.15, 0.2) is 57.8 Å². The number of hydrogen-bond acceptors (Lipinski definition) is 3. The number of sulfonamides is 1. The molecule has 0 saturated heterocycles. The first-order chi connectivity index (χ1) is 11.3. The zero-order valence-electron chi connectivity index (χ0n) is 12.6. The monoisotopic (exact) mass is 381 g/mol.